The maximum absolute atomic E-state index is 11.2. The van der Waals surface area contributed by atoms with E-state index in [0.717, 1.165) is 5.56 Å². The highest BCUT2D eigenvalue weighted by molar-refractivity contribution is 5.75. The number of rotatable bonds is 4. The zero-order valence-electron chi connectivity index (χ0n) is 8.27. The van der Waals surface area contributed by atoms with Crippen LogP contribution in [0.1, 0.15) is 12.5 Å². The zero-order valence-corrected chi connectivity index (χ0v) is 8.27. The number of ether oxygens (including phenoxy) is 1. The molecule has 0 aromatic heterocycles. The SMILES string of the molecule is CCOC(=O)C(N)Cc1ccccc1. The molecule has 0 saturated heterocycles. The Balaban J connectivity index is 2.49. The van der Waals surface area contributed by atoms with Gasteiger partial charge >= 0.3 is 5.97 Å². The van der Waals surface area contributed by atoms with Crippen LogP contribution in [0.25, 0.3) is 0 Å². The van der Waals surface area contributed by atoms with E-state index in [0.29, 0.717) is 13.0 Å². The molecule has 1 unspecified atom stereocenters. The second-order valence-corrected chi connectivity index (χ2v) is 3.05. The van der Waals surface area contributed by atoms with Crippen LogP contribution in [0, 0.1) is 0 Å². The lowest BCUT2D eigenvalue weighted by molar-refractivity contribution is -0.144. The molecule has 1 rings (SSSR count). The largest absolute Gasteiger partial charge is 0.465 e. The van der Waals surface area contributed by atoms with E-state index in [4.69, 9.17) is 10.5 Å². The van der Waals surface area contributed by atoms with Crippen molar-refractivity contribution in [2.24, 2.45) is 5.73 Å². The van der Waals surface area contributed by atoms with Gasteiger partial charge in [0.2, 0.25) is 0 Å². The first-order valence-electron chi connectivity index (χ1n) is 4.70. The van der Waals surface area contributed by atoms with E-state index < -0.39 is 6.04 Å². The lowest BCUT2D eigenvalue weighted by Crippen LogP contribution is -2.34. The van der Waals surface area contributed by atoms with Gasteiger partial charge in [0, 0.05) is 0 Å². The highest BCUT2D eigenvalue weighted by atomic mass is 16.5. The quantitative estimate of drug-likeness (QED) is 0.729. The molecule has 0 aliphatic rings. The number of hydrogen-bond acceptors (Lipinski definition) is 3. The summed E-state index contributed by atoms with van der Waals surface area (Å²) in [7, 11) is 0. The standard InChI is InChI=1S/C11H15NO2/c1-2-14-11(13)10(12)8-9-6-4-3-5-7-9/h3-7,10H,2,8,12H2,1H3. The molecule has 0 spiro atoms. The van der Waals surface area contributed by atoms with Crippen molar-refractivity contribution >= 4 is 5.97 Å². The molecular weight excluding hydrogens is 178 g/mol. The summed E-state index contributed by atoms with van der Waals surface area (Å²) in [5, 5.41) is 0. The average molecular weight is 193 g/mol. The Morgan fingerprint density at radius 1 is 1.43 bits per heavy atom. The van der Waals surface area contributed by atoms with Crippen LogP contribution in [0.2, 0.25) is 0 Å². The highest BCUT2D eigenvalue weighted by Crippen LogP contribution is 2.02. The van der Waals surface area contributed by atoms with Gasteiger partial charge in [-0.1, -0.05) is 30.3 Å². The van der Waals surface area contributed by atoms with Gasteiger partial charge in [-0.25, -0.2) is 0 Å². The van der Waals surface area contributed by atoms with Crippen molar-refractivity contribution in [3.63, 3.8) is 0 Å². The third-order valence-electron chi connectivity index (χ3n) is 1.89. The predicted molar refractivity (Wildman–Crippen MR) is 54.8 cm³/mol. The van der Waals surface area contributed by atoms with Crippen molar-refractivity contribution < 1.29 is 9.53 Å². The summed E-state index contributed by atoms with van der Waals surface area (Å²) in [6.07, 6.45) is 0.527. The van der Waals surface area contributed by atoms with Crippen LogP contribution in [0.15, 0.2) is 30.3 Å². The van der Waals surface area contributed by atoms with Crippen LogP contribution >= 0.6 is 0 Å². The van der Waals surface area contributed by atoms with E-state index in [1.165, 1.54) is 0 Å². The van der Waals surface area contributed by atoms with Crippen LogP contribution in [0.4, 0.5) is 0 Å². The summed E-state index contributed by atoms with van der Waals surface area (Å²) < 4.78 is 4.81. The zero-order chi connectivity index (χ0) is 10.4. The number of carbonyl (C=O) groups excluding carboxylic acids is 1. The van der Waals surface area contributed by atoms with Gasteiger partial charge in [-0.2, -0.15) is 0 Å². The van der Waals surface area contributed by atoms with Gasteiger partial charge < -0.3 is 10.5 Å². The second kappa shape index (κ2) is 5.40. The van der Waals surface area contributed by atoms with E-state index in [-0.39, 0.29) is 5.97 Å². The molecule has 0 heterocycles. The third kappa shape index (κ3) is 3.18. The van der Waals surface area contributed by atoms with Crippen LogP contribution in [-0.2, 0) is 16.0 Å². The van der Waals surface area contributed by atoms with Gasteiger partial charge in [-0.05, 0) is 18.9 Å². The predicted octanol–water partition coefficient (Wildman–Crippen LogP) is 1.12. The maximum Gasteiger partial charge on any atom is 0.323 e. The molecule has 0 bridgehead atoms. The van der Waals surface area contributed by atoms with Crippen molar-refractivity contribution in [2.75, 3.05) is 6.61 Å². The van der Waals surface area contributed by atoms with E-state index >= 15 is 0 Å². The van der Waals surface area contributed by atoms with Crippen molar-refractivity contribution in [2.45, 2.75) is 19.4 Å². The van der Waals surface area contributed by atoms with Crippen molar-refractivity contribution in [3.8, 4) is 0 Å². The van der Waals surface area contributed by atoms with E-state index in [9.17, 15) is 4.79 Å². The van der Waals surface area contributed by atoms with E-state index in [1.54, 1.807) is 6.92 Å². The number of esters is 1. The fraction of sp³-hybridized carbons (Fsp3) is 0.364. The molecule has 0 radical (unpaired) electrons. The Hall–Kier alpha value is -1.35. The second-order valence-electron chi connectivity index (χ2n) is 3.05. The fourth-order valence-corrected chi connectivity index (χ4v) is 1.20. The summed E-state index contributed by atoms with van der Waals surface area (Å²) in [4.78, 5) is 11.2. The summed E-state index contributed by atoms with van der Waals surface area (Å²) >= 11 is 0. The Bertz CT molecular complexity index is 285. The molecule has 3 heteroatoms. The topological polar surface area (TPSA) is 52.3 Å². The molecule has 3 nitrogen and oxygen atoms in total. The first kappa shape index (κ1) is 10.7. The Morgan fingerprint density at radius 2 is 2.07 bits per heavy atom. The number of carbonyl (C=O) groups is 1. The minimum absolute atomic E-state index is 0.337. The van der Waals surface area contributed by atoms with Crippen LogP contribution < -0.4 is 5.73 Å². The van der Waals surface area contributed by atoms with Crippen LogP contribution in [-0.4, -0.2) is 18.6 Å². The molecule has 0 saturated carbocycles. The summed E-state index contributed by atoms with van der Waals surface area (Å²) in [6, 6.07) is 9.11. The van der Waals surface area contributed by atoms with Crippen molar-refractivity contribution in [1.29, 1.82) is 0 Å². The van der Waals surface area contributed by atoms with E-state index in [1.807, 2.05) is 30.3 Å². The molecule has 0 aliphatic heterocycles. The van der Waals surface area contributed by atoms with Crippen molar-refractivity contribution in [1.82, 2.24) is 0 Å². The molecule has 1 atom stereocenters. The molecular formula is C11H15NO2. The molecule has 76 valence electrons. The average Bonchev–Trinajstić information content (AvgIpc) is 2.19. The summed E-state index contributed by atoms with van der Waals surface area (Å²) in [5.74, 6) is -0.337. The minimum Gasteiger partial charge on any atom is -0.465 e. The smallest absolute Gasteiger partial charge is 0.323 e. The molecule has 0 fully saturated rings. The normalized spacial score (nSPS) is 12.1. The molecule has 1 aromatic rings. The monoisotopic (exact) mass is 193 g/mol. The van der Waals surface area contributed by atoms with Gasteiger partial charge in [-0.15, -0.1) is 0 Å². The Morgan fingerprint density at radius 3 is 2.64 bits per heavy atom. The van der Waals surface area contributed by atoms with Gasteiger partial charge in [0.15, 0.2) is 0 Å². The van der Waals surface area contributed by atoms with Gasteiger partial charge in [0.1, 0.15) is 6.04 Å². The first-order valence-corrected chi connectivity index (χ1v) is 4.70. The van der Waals surface area contributed by atoms with E-state index in [2.05, 4.69) is 0 Å². The summed E-state index contributed by atoms with van der Waals surface area (Å²) in [5.41, 5.74) is 6.71. The minimum atomic E-state index is -0.558. The van der Waals surface area contributed by atoms with Crippen LogP contribution in [0.5, 0.6) is 0 Å². The molecule has 2 N–H and O–H groups in total. The molecule has 0 amide bonds. The Kier molecular flexibility index (Phi) is 4.13. The van der Waals surface area contributed by atoms with Gasteiger partial charge in [-0.3, -0.25) is 4.79 Å². The number of benzene rings is 1. The van der Waals surface area contributed by atoms with Crippen LogP contribution in [0.3, 0.4) is 0 Å². The van der Waals surface area contributed by atoms with Crippen molar-refractivity contribution in [3.05, 3.63) is 35.9 Å². The van der Waals surface area contributed by atoms with Gasteiger partial charge in [0.25, 0.3) is 0 Å². The number of nitrogens with two attached hydrogens (primary N) is 1. The third-order valence-corrected chi connectivity index (χ3v) is 1.89. The fourth-order valence-electron chi connectivity index (χ4n) is 1.20. The Labute approximate surface area is 83.9 Å². The maximum atomic E-state index is 11.2. The summed E-state index contributed by atoms with van der Waals surface area (Å²) in [6.45, 7) is 2.15. The molecule has 1 aromatic carbocycles. The highest BCUT2D eigenvalue weighted by Gasteiger charge is 2.14. The van der Waals surface area contributed by atoms with Gasteiger partial charge in [0.05, 0.1) is 6.61 Å². The molecule has 14 heavy (non-hydrogen) atoms. The lowest BCUT2D eigenvalue weighted by atomic mass is 10.1. The molecule has 0 aliphatic carbocycles. The number of hydrogen-bond donors (Lipinski definition) is 1. The first-order chi connectivity index (χ1) is 6.74. The lowest BCUT2D eigenvalue weighted by Gasteiger charge is -2.09.